The highest BCUT2D eigenvalue weighted by Crippen LogP contribution is 2.37. The maximum atomic E-state index is 13.9. The van der Waals surface area contributed by atoms with Crippen LogP contribution in [0.2, 0.25) is 10.0 Å². The molecule has 0 saturated heterocycles. The van der Waals surface area contributed by atoms with Crippen molar-refractivity contribution in [3.05, 3.63) is 80.8 Å². The average Bonchev–Trinajstić information content (AvgIpc) is 3.33. The third-order valence-electron chi connectivity index (χ3n) is 7.93. The van der Waals surface area contributed by atoms with Crippen LogP contribution in [0.15, 0.2) is 42.5 Å². The molecular weight excluding hydrogens is 590 g/mol. The molecule has 0 radical (unpaired) electrons. The average molecular weight is 628 g/mol. The van der Waals surface area contributed by atoms with E-state index in [1.807, 2.05) is 33.8 Å². The summed E-state index contributed by atoms with van der Waals surface area (Å²) >= 11 is 12.9. The number of ether oxygens (including phenoxy) is 1. The third kappa shape index (κ3) is 7.24. The lowest BCUT2D eigenvalue weighted by Crippen LogP contribution is -2.41. The lowest BCUT2D eigenvalue weighted by molar-refractivity contribution is 0.0254. The van der Waals surface area contributed by atoms with Gasteiger partial charge in [0, 0.05) is 16.6 Å². The van der Waals surface area contributed by atoms with Gasteiger partial charge in [0.1, 0.15) is 11.4 Å². The van der Waals surface area contributed by atoms with Gasteiger partial charge in [-0.3, -0.25) is 9.69 Å². The normalized spacial score (nSPS) is 17.5. The third-order valence-corrected chi connectivity index (χ3v) is 8.47. The molecule has 2 amide bonds. The van der Waals surface area contributed by atoms with Crippen LogP contribution in [0.4, 0.5) is 9.18 Å². The number of halogens is 3. The van der Waals surface area contributed by atoms with Gasteiger partial charge in [-0.2, -0.15) is 5.10 Å². The number of nitrogens with one attached hydrogen (secondary N) is 1. The van der Waals surface area contributed by atoms with E-state index in [0.717, 1.165) is 31.2 Å². The summed E-state index contributed by atoms with van der Waals surface area (Å²) in [5, 5.41) is 8.84. The first kappa shape index (κ1) is 31.1. The summed E-state index contributed by atoms with van der Waals surface area (Å²) in [4.78, 5) is 28.8. The predicted molar refractivity (Wildman–Crippen MR) is 168 cm³/mol. The first-order chi connectivity index (χ1) is 20.4. The molecule has 10 heteroatoms. The standard InChI is InChI=1S/C33H37Cl2FN4O3/c1-20(22-8-6-5-7-9-22)37-31(41)29-26-19-39(32(42)43-33(2,3)4)18-23(16-21-10-13-25(36)14-11-21)30(26)40(38-29)28-15-12-24(34)17-27(28)35/h10-17,20,22H,5-9,18-19H2,1-4H3,(H,37,41)/t20-/m0/s1. The molecule has 1 N–H and O–H groups in total. The Balaban J connectivity index is 1.64. The van der Waals surface area contributed by atoms with Crippen LogP contribution in [-0.4, -0.2) is 44.9 Å². The zero-order valence-electron chi connectivity index (χ0n) is 24.9. The second-order valence-corrected chi connectivity index (χ2v) is 13.2. The number of benzene rings is 2. The largest absolute Gasteiger partial charge is 0.444 e. The number of rotatable bonds is 5. The predicted octanol–water partition coefficient (Wildman–Crippen LogP) is 8.31. The molecule has 1 aliphatic carbocycles. The first-order valence-electron chi connectivity index (χ1n) is 14.7. The molecule has 43 heavy (non-hydrogen) atoms. The van der Waals surface area contributed by atoms with E-state index in [4.69, 9.17) is 33.0 Å². The van der Waals surface area contributed by atoms with Crippen LogP contribution < -0.4 is 5.32 Å². The van der Waals surface area contributed by atoms with Crippen LogP contribution in [0, 0.1) is 11.7 Å². The van der Waals surface area contributed by atoms with Crippen molar-refractivity contribution < 1.29 is 18.7 Å². The summed E-state index contributed by atoms with van der Waals surface area (Å²) in [5.41, 5.74) is 2.67. The highest BCUT2D eigenvalue weighted by molar-refractivity contribution is 6.35. The lowest BCUT2D eigenvalue weighted by atomic mass is 9.84. The summed E-state index contributed by atoms with van der Waals surface area (Å²) in [7, 11) is 0. The molecule has 1 saturated carbocycles. The minimum Gasteiger partial charge on any atom is -0.444 e. The highest BCUT2D eigenvalue weighted by atomic mass is 35.5. The van der Waals surface area contributed by atoms with Gasteiger partial charge in [-0.25, -0.2) is 13.9 Å². The Morgan fingerprint density at radius 3 is 2.42 bits per heavy atom. The van der Waals surface area contributed by atoms with E-state index in [0.29, 0.717) is 38.5 Å². The molecule has 0 bridgehead atoms. The minimum atomic E-state index is -0.713. The van der Waals surface area contributed by atoms with E-state index < -0.39 is 11.7 Å². The first-order valence-corrected chi connectivity index (χ1v) is 15.5. The number of amides is 2. The van der Waals surface area contributed by atoms with Gasteiger partial charge in [0.2, 0.25) is 0 Å². The molecule has 0 unspecified atom stereocenters. The summed E-state index contributed by atoms with van der Waals surface area (Å²) in [6.45, 7) is 7.75. The van der Waals surface area contributed by atoms with Gasteiger partial charge >= 0.3 is 6.09 Å². The smallest absolute Gasteiger partial charge is 0.410 e. The molecule has 3 aromatic rings. The molecule has 228 valence electrons. The lowest BCUT2D eigenvalue weighted by Gasteiger charge is -2.32. The minimum absolute atomic E-state index is 0.0347. The fourth-order valence-corrected chi connectivity index (χ4v) is 6.31. The Kier molecular flexibility index (Phi) is 9.18. The van der Waals surface area contributed by atoms with E-state index in [9.17, 15) is 14.0 Å². The zero-order chi connectivity index (χ0) is 30.9. The van der Waals surface area contributed by atoms with Crippen LogP contribution in [0.5, 0.6) is 0 Å². The van der Waals surface area contributed by atoms with Crippen LogP contribution in [0.25, 0.3) is 17.3 Å². The van der Waals surface area contributed by atoms with Gasteiger partial charge < -0.3 is 10.1 Å². The fourth-order valence-electron chi connectivity index (χ4n) is 5.82. The summed E-state index contributed by atoms with van der Waals surface area (Å²) in [5.74, 6) is -0.273. The van der Waals surface area contributed by atoms with Crippen LogP contribution in [0.1, 0.15) is 87.1 Å². The second kappa shape index (κ2) is 12.7. The molecule has 2 aliphatic rings. The van der Waals surface area contributed by atoms with Crippen LogP contribution >= 0.6 is 23.2 Å². The summed E-state index contributed by atoms with van der Waals surface area (Å²) in [6, 6.07) is 11.1. The monoisotopic (exact) mass is 626 g/mol. The number of nitrogens with zero attached hydrogens (tertiary/aromatic N) is 3. The Morgan fingerprint density at radius 2 is 1.77 bits per heavy atom. The highest BCUT2D eigenvalue weighted by Gasteiger charge is 2.36. The van der Waals surface area contributed by atoms with E-state index in [2.05, 4.69) is 5.32 Å². The van der Waals surface area contributed by atoms with Gasteiger partial charge in [0.05, 0.1) is 29.5 Å². The fraction of sp³-hybridized carbons (Fsp3) is 0.424. The molecule has 1 aromatic heterocycles. The maximum absolute atomic E-state index is 13.9. The van der Waals surface area contributed by atoms with Crippen LogP contribution in [0.3, 0.4) is 0 Å². The molecule has 1 fully saturated rings. The molecule has 5 rings (SSSR count). The SMILES string of the molecule is C[C@H](NC(=O)c1nn(-c2ccc(Cl)cc2Cl)c2c1CN(C(=O)OC(C)(C)C)CC2=Cc1ccc(F)cc1)C1CCCCC1. The summed E-state index contributed by atoms with van der Waals surface area (Å²) < 4.78 is 21.1. The molecule has 2 aromatic carbocycles. The quantitative estimate of drug-likeness (QED) is 0.309. The van der Waals surface area contributed by atoms with Gasteiger partial charge in [-0.1, -0.05) is 54.6 Å². The Labute approximate surface area is 262 Å². The molecule has 0 spiro atoms. The van der Waals surface area contributed by atoms with Crippen molar-refractivity contribution in [3.8, 4) is 5.69 Å². The number of hydrogen-bond donors (Lipinski definition) is 1. The number of carbonyl (C=O) groups is 2. The number of aromatic nitrogens is 2. The van der Waals surface area contributed by atoms with E-state index in [1.54, 1.807) is 39.9 Å². The van der Waals surface area contributed by atoms with E-state index in [-0.39, 0.29) is 36.5 Å². The molecule has 7 nitrogen and oxygen atoms in total. The van der Waals surface area contributed by atoms with Gasteiger partial charge in [-0.15, -0.1) is 0 Å². The Morgan fingerprint density at radius 1 is 1.07 bits per heavy atom. The number of hydrogen-bond acceptors (Lipinski definition) is 4. The molecule has 2 heterocycles. The van der Waals surface area contributed by atoms with Crippen molar-refractivity contribution >= 4 is 46.9 Å². The second-order valence-electron chi connectivity index (χ2n) is 12.4. The van der Waals surface area contributed by atoms with Crippen molar-refractivity contribution in [1.82, 2.24) is 20.0 Å². The van der Waals surface area contributed by atoms with E-state index in [1.165, 1.54) is 18.6 Å². The molecule has 1 atom stereocenters. The maximum Gasteiger partial charge on any atom is 0.410 e. The van der Waals surface area contributed by atoms with Crippen molar-refractivity contribution in [3.63, 3.8) is 0 Å². The Hall–Kier alpha value is -3.36. The molecular formula is C33H37Cl2FN4O3. The zero-order valence-corrected chi connectivity index (χ0v) is 26.4. The number of carbonyl (C=O) groups excluding carboxylic acids is 2. The van der Waals surface area contributed by atoms with Crippen molar-refractivity contribution in [2.45, 2.75) is 78.0 Å². The van der Waals surface area contributed by atoms with Gasteiger partial charge in [0.25, 0.3) is 5.91 Å². The van der Waals surface area contributed by atoms with Gasteiger partial charge in [-0.05, 0) is 94.0 Å². The Bertz CT molecular complexity index is 1540. The van der Waals surface area contributed by atoms with Gasteiger partial charge in [0.15, 0.2) is 5.69 Å². The summed E-state index contributed by atoms with van der Waals surface area (Å²) in [6.07, 6.45) is 7.04. The number of fused-ring (bicyclic) bond motifs is 1. The molecule has 1 aliphatic heterocycles. The van der Waals surface area contributed by atoms with Crippen LogP contribution in [-0.2, 0) is 11.3 Å². The topological polar surface area (TPSA) is 76.5 Å². The van der Waals surface area contributed by atoms with E-state index >= 15 is 0 Å². The van der Waals surface area contributed by atoms with Crippen molar-refractivity contribution in [2.24, 2.45) is 5.92 Å². The van der Waals surface area contributed by atoms with Crippen molar-refractivity contribution in [1.29, 1.82) is 0 Å². The van der Waals surface area contributed by atoms with Crippen molar-refractivity contribution in [2.75, 3.05) is 6.54 Å².